The van der Waals surface area contributed by atoms with Gasteiger partial charge in [-0.05, 0) is 42.9 Å². The maximum atomic E-state index is 11.9. The molecule has 1 aromatic heterocycles. The van der Waals surface area contributed by atoms with E-state index in [9.17, 15) is 4.79 Å². The van der Waals surface area contributed by atoms with Crippen molar-refractivity contribution in [1.29, 1.82) is 0 Å². The molecule has 2 N–H and O–H groups in total. The van der Waals surface area contributed by atoms with Crippen molar-refractivity contribution in [2.75, 3.05) is 6.61 Å². The first-order valence-electron chi connectivity index (χ1n) is 10.9. The van der Waals surface area contributed by atoms with Gasteiger partial charge in [0, 0.05) is 37.8 Å². The van der Waals surface area contributed by atoms with Gasteiger partial charge in [0.15, 0.2) is 0 Å². The van der Waals surface area contributed by atoms with E-state index in [1.54, 1.807) is 4.68 Å². The molecule has 1 aliphatic carbocycles. The number of ether oxygens (including phenoxy) is 1. The van der Waals surface area contributed by atoms with Crippen molar-refractivity contribution in [2.24, 2.45) is 13.0 Å². The lowest BCUT2D eigenvalue weighted by Crippen LogP contribution is -2.48. The Kier molecular flexibility index (Phi) is 6.49. The van der Waals surface area contributed by atoms with Crippen molar-refractivity contribution in [2.45, 2.75) is 63.6 Å². The standard InChI is InChI=1S/C23H32N4O2/c1-27-15-19(14-25-27)23-21(10-11-22(28)26-23)24-13-18-8-5-9-20(12-18)29-16-17-6-3-2-4-7-17/h5,8-9,12,14-15,17,21,23-24H,2-4,6-7,10-11,13,16H2,1H3,(H,26,28)/t21-,23+/m1/s1. The summed E-state index contributed by atoms with van der Waals surface area (Å²) in [6, 6.07) is 8.51. The van der Waals surface area contributed by atoms with Gasteiger partial charge in [-0.3, -0.25) is 9.48 Å². The van der Waals surface area contributed by atoms with Crippen LogP contribution in [0.3, 0.4) is 0 Å². The van der Waals surface area contributed by atoms with Crippen LogP contribution in [-0.2, 0) is 18.4 Å². The number of carbonyl (C=O) groups is 1. The molecule has 2 aliphatic rings. The largest absolute Gasteiger partial charge is 0.493 e. The average molecular weight is 397 g/mol. The summed E-state index contributed by atoms with van der Waals surface area (Å²) in [5.74, 6) is 1.77. The van der Waals surface area contributed by atoms with Crippen LogP contribution in [0, 0.1) is 5.92 Å². The Labute approximate surface area is 173 Å². The minimum Gasteiger partial charge on any atom is -0.493 e. The number of piperidine rings is 1. The highest BCUT2D eigenvalue weighted by Crippen LogP contribution is 2.26. The number of aryl methyl sites for hydroxylation is 1. The van der Waals surface area contributed by atoms with Gasteiger partial charge in [0.05, 0.1) is 18.8 Å². The number of aromatic nitrogens is 2. The third kappa shape index (κ3) is 5.38. The fourth-order valence-electron chi connectivity index (χ4n) is 4.50. The van der Waals surface area contributed by atoms with Crippen molar-refractivity contribution >= 4 is 5.91 Å². The summed E-state index contributed by atoms with van der Waals surface area (Å²) in [5.41, 5.74) is 2.25. The number of hydrogen-bond acceptors (Lipinski definition) is 4. The van der Waals surface area contributed by atoms with Gasteiger partial charge >= 0.3 is 0 Å². The summed E-state index contributed by atoms with van der Waals surface area (Å²) >= 11 is 0. The normalized spacial score (nSPS) is 23.0. The van der Waals surface area contributed by atoms with Gasteiger partial charge in [-0.2, -0.15) is 5.10 Å². The number of rotatable bonds is 7. The highest BCUT2D eigenvalue weighted by Gasteiger charge is 2.30. The molecule has 156 valence electrons. The van der Waals surface area contributed by atoms with Crippen molar-refractivity contribution < 1.29 is 9.53 Å². The van der Waals surface area contributed by atoms with Gasteiger partial charge in [-0.25, -0.2) is 0 Å². The highest BCUT2D eigenvalue weighted by molar-refractivity contribution is 5.77. The number of amides is 1. The zero-order chi connectivity index (χ0) is 20.1. The quantitative estimate of drug-likeness (QED) is 0.752. The Morgan fingerprint density at radius 2 is 2.10 bits per heavy atom. The molecule has 2 atom stereocenters. The van der Waals surface area contributed by atoms with Crippen LogP contribution < -0.4 is 15.4 Å². The number of nitrogens with zero attached hydrogens (tertiary/aromatic N) is 2. The molecule has 0 bridgehead atoms. The van der Waals surface area contributed by atoms with Crippen molar-refractivity contribution in [3.05, 3.63) is 47.8 Å². The van der Waals surface area contributed by atoms with Gasteiger partial charge in [0.1, 0.15) is 5.75 Å². The molecular weight excluding hydrogens is 364 g/mol. The summed E-state index contributed by atoms with van der Waals surface area (Å²) in [6.45, 7) is 1.58. The van der Waals surface area contributed by atoms with E-state index in [-0.39, 0.29) is 18.0 Å². The van der Waals surface area contributed by atoms with E-state index in [0.717, 1.165) is 30.9 Å². The minimum absolute atomic E-state index is 0.0457. The van der Waals surface area contributed by atoms with Crippen LogP contribution in [0.15, 0.2) is 36.7 Å². The Morgan fingerprint density at radius 1 is 1.24 bits per heavy atom. The summed E-state index contributed by atoms with van der Waals surface area (Å²) in [4.78, 5) is 11.9. The van der Waals surface area contributed by atoms with Crippen LogP contribution in [0.2, 0.25) is 0 Å². The summed E-state index contributed by atoms with van der Waals surface area (Å²) in [6.07, 6.45) is 11.8. The molecule has 1 saturated carbocycles. The zero-order valence-electron chi connectivity index (χ0n) is 17.3. The molecule has 2 aromatic rings. The molecule has 6 nitrogen and oxygen atoms in total. The molecule has 4 rings (SSSR count). The topological polar surface area (TPSA) is 68.2 Å². The van der Waals surface area contributed by atoms with Crippen LogP contribution in [0.5, 0.6) is 5.75 Å². The van der Waals surface area contributed by atoms with E-state index >= 15 is 0 Å². The maximum Gasteiger partial charge on any atom is 0.220 e. The number of hydrogen-bond donors (Lipinski definition) is 2. The fourth-order valence-corrected chi connectivity index (χ4v) is 4.50. The Balaban J connectivity index is 1.34. The average Bonchev–Trinajstić information content (AvgIpc) is 3.18. The van der Waals surface area contributed by atoms with Gasteiger partial charge in [0.25, 0.3) is 0 Å². The van der Waals surface area contributed by atoms with Crippen LogP contribution in [-0.4, -0.2) is 28.3 Å². The molecular formula is C23H32N4O2. The van der Waals surface area contributed by atoms with Gasteiger partial charge in [-0.15, -0.1) is 0 Å². The first kappa shape index (κ1) is 20.0. The molecule has 1 aromatic carbocycles. The first-order valence-corrected chi connectivity index (χ1v) is 10.9. The Bertz CT molecular complexity index is 813. The van der Waals surface area contributed by atoms with Crippen LogP contribution in [0.4, 0.5) is 0 Å². The van der Waals surface area contributed by atoms with Crippen molar-refractivity contribution in [3.8, 4) is 5.75 Å². The lowest BCUT2D eigenvalue weighted by Gasteiger charge is -2.32. The van der Waals surface area contributed by atoms with Gasteiger partial charge < -0.3 is 15.4 Å². The second-order valence-corrected chi connectivity index (χ2v) is 8.48. The zero-order valence-corrected chi connectivity index (χ0v) is 17.3. The van der Waals surface area contributed by atoms with Gasteiger partial charge in [-0.1, -0.05) is 31.4 Å². The van der Waals surface area contributed by atoms with E-state index < -0.39 is 0 Å². The number of benzene rings is 1. The van der Waals surface area contributed by atoms with E-state index in [1.807, 2.05) is 25.5 Å². The van der Waals surface area contributed by atoms with Crippen molar-refractivity contribution in [1.82, 2.24) is 20.4 Å². The smallest absolute Gasteiger partial charge is 0.220 e. The van der Waals surface area contributed by atoms with Gasteiger partial charge in [0.2, 0.25) is 5.91 Å². The molecule has 0 radical (unpaired) electrons. The fraction of sp³-hybridized carbons (Fsp3) is 0.565. The molecule has 0 unspecified atom stereocenters. The predicted molar refractivity (Wildman–Crippen MR) is 112 cm³/mol. The van der Waals surface area contributed by atoms with Crippen LogP contribution >= 0.6 is 0 Å². The summed E-state index contributed by atoms with van der Waals surface area (Å²) < 4.78 is 7.87. The highest BCUT2D eigenvalue weighted by atomic mass is 16.5. The molecule has 1 amide bonds. The maximum absolute atomic E-state index is 11.9. The lowest BCUT2D eigenvalue weighted by atomic mass is 9.90. The van der Waals surface area contributed by atoms with E-state index in [1.165, 1.54) is 37.7 Å². The lowest BCUT2D eigenvalue weighted by molar-refractivity contribution is -0.123. The summed E-state index contributed by atoms with van der Waals surface area (Å²) in [7, 11) is 1.90. The van der Waals surface area contributed by atoms with E-state index in [0.29, 0.717) is 12.3 Å². The monoisotopic (exact) mass is 396 g/mol. The van der Waals surface area contributed by atoms with Crippen molar-refractivity contribution in [3.63, 3.8) is 0 Å². The third-order valence-corrected chi connectivity index (χ3v) is 6.16. The second-order valence-electron chi connectivity index (χ2n) is 8.48. The number of nitrogens with one attached hydrogen (secondary N) is 2. The Morgan fingerprint density at radius 3 is 2.90 bits per heavy atom. The third-order valence-electron chi connectivity index (χ3n) is 6.16. The van der Waals surface area contributed by atoms with E-state index in [4.69, 9.17) is 4.74 Å². The second kappa shape index (κ2) is 9.44. The molecule has 6 heteroatoms. The SMILES string of the molecule is Cn1cc([C@@H]2NC(=O)CC[C@H]2NCc2cccc(OCC3CCCCC3)c2)cn1. The Hall–Kier alpha value is -2.34. The van der Waals surface area contributed by atoms with Crippen LogP contribution in [0.1, 0.15) is 62.1 Å². The van der Waals surface area contributed by atoms with E-state index in [2.05, 4.69) is 33.9 Å². The molecule has 2 fully saturated rings. The molecule has 29 heavy (non-hydrogen) atoms. The molecule has 0 spiro atoms. The molecule has 2 heterocycles. The van der Waals surface area contributed by atoms with Crippen LogP contribution in [0.25, 0.3) is 0 Å². The minimum atomic E-state index is -0.0457. The predicted octanol–water partition coefficient (Wildman–Crippen LogP) is 3.49. The first-order chi connectivity index (χ1) is 14.2. The molecule has 1 saturated heterocycles. The number of carbonyl (C=O) groups excluding carboxylic acids is 1. The summed E-state index contributed by atoms with van der Waals surface area (Å²) in [5, 5.41) is 11.0. The molecule has 1 aliphatic heterocycles.